The highest BCUT2D eigenvalue weighted by Gasteiger charge is 2.34. The maximum Gasteiger partial charge on any atom is 0.417 e. The van der Waals surface area contributed by atoms with Crippen LogP contribution >= 0.6 is 0 Å². The van der Waals surface area contributed by atoms with Crippen molar-refractivity contribution in [1.29, 1.82) is 0 Å². The SMILES string of the molecule is FC(F)(F)c1ccccc1-c1cc(Nc2n[nH]c3ccccc23)c2c(n1)CCCC2. The van der Waals surface area contributed by atoms with Gasteiger partial charge in [-0.15, -0.1) is 0 Å². The number of hydrogen-bond donors (Lipinski definition) is 2. The molecule has 2 aromatic carbocycles. The Morgan fingerprint density at radius 1 is 0.933 bits per heavy atom. The molecule has 0 radical (unpaired) electrons. The summed E-state index contributed by atoms with van der Waals surface area (Å²) in [4.78, 5) is 4.64. The van der Waals surface area contributed by atoms with Crippen molar-refractivity contribution in [3.63, 3.8) is 0 Å². The molecule has 5 rings (SSSR count). The van der Waals surface area contributed by atoms with Gasteiger partial charge in [0.1, 0.15) is 0 Å². The number of halogens is 3. The van der Waals surface area contributed by atoms with Crippen LogP contribution in [-0.4, -0.2) is 15.2 Å². The Kier molecular flexibility index (Phi) is 4.46. The number of hydrogen-bond acceptors (Lipinski definition) is 3. The van der Waals surface area contributed by atoms with Crippen molar-refractivity contribution in [3.05, 3.63) is 71.4 Å². The monoisotopic (exact) mass is 408 g/mol. The van der Waals surface area contributed by atoms with Crippen LogP contribution < -0.4 is 5.32 Å². The number of aromatic amines is 1. The van der Waals surface area contributed by atoms with E-state index in [1.807, 2.05) is 24.3 Å². The normalized spacial score (nSPS) is 14.0. The molecule has 2 N–H and O–H groups in total. The van der Waals surface area contributed by atoms with Crippen LogP contribution in [0.4, 0.5) is 24.7 Å². The largest absolute Gasteiger partial charge is 0.417 e. The van der Waals surface area contributed by atoms with E-state index in [1.165, 1.54) is 12.1 Å². The average molecular weight is 408 g/mol. The molecule has 0 atom stereocenters. The van der Waals surface area contributed by atoms with E-state index in [2.05, 4.69) is 20.5 Å². The quantitative estimate of drug-likeness (QED) is 0.420. The molecule has 152 valence electrons. The van der Waals surface area contributed by atoms with Crippen LogP contribution in [0.3, 0.4) is 0 Å². The van der Waals surface area contributed by atoms with Crippen molar-refractivity contribution in [2.24, 2.45) is 0 Å². The minimum absolute atomic E-state index is 0.0910. The third-order valence-electron chi connectivity index (χ3n) is 5.53. The van der Waals surface area contributed by atoms with Gasteiger partial charge in [-0.1, -0.05) is 30.3 Å². The molecule has 4 nitrogen and oxygen atoms in total. The molecule has 0 bridgehead atoms. The van der Waals surface area contributed by atoms with Gasteiger partial charge in [0.15, 0.2) is 5.82 Å². The number of alkyl halides is 3. The lowest BCUT2D eigenvalue weighted by Crippen LogP contribution is -2.12. The summed E-state index contributed by atoms with van der Waals surface area (Å²) in [5, 5.41) is 11.6. The zero-order valence-corrected chi connectivity index (χ0v) is 16.1. The Bertz CT molecular complexity index is 1230. The van der Waals surface area contributed by atoms with E-state index in [0.29, 0.717) is 11.5 Å². The van der Waals surface area contributed by atoms with E-state index in [4.69, 9.17) is 0 Å². The fourth-order valence-corrected chi connectivity index (χ4v) is 4.09. The van der Waals surface area contributed by atoms with E-state index < -0.39 is 11.7 Å². The average Bonchev–Trinajstić information content (AvgIpc) is 3.16. The van der Waals surface area contributed by atoms with E-state index >= 15 is 0 Å². The molecule has 0 amide bonds. The lowest BCUT2D eigenvalue weighted by molar-refractivity contribution is -0.137. The second-order valence-corrected chi connectivity index (χ2v) is 7.47. The molecule has 0 unspecified atom stereocenters. The summed E-state index contributed by atoms with van der Waals surface area (Å²) in [5.74, 6) is 0.652. The van der Waals surface area contributed by atoms with Gasteiger partial charge in [0.05, 0.1) is 16.8 Å². The molecule has 2 heterocycles. The summed E-state index contributed by atoms with van der Waals surface area (Å²) in [6, 6.07) is 15.0. The number of nitrogens with one attached hydrogen (secondary N) is 2. The molecule has 1 aliphatic carbocycles. The van der Waals surface area contributed by atoms with Crippen LogP contribution in [0.5, 0.6) is 0 Å². The van der Waals surface area contributed by atoms with E-state index in [1.54, 1.807) is 12.1 Å². The van der Waals surface area contributed by atoms with Gasteiger partial charge in [-0.05, 0) is 55.5 Å². The number of anilines is 2. The molecule has 0 fully saturated rings. The number of H-pyrrole nitrogens is 1. The summed E-state index contributed by atoms with van der Waals surface area (Å²) in [6.07, 6.45) is -0.833. The number of rotatable bonds is 3. The fourth-order valence-electron chi connectivity index (χ4n) is 4.09. The number of aryl methyl sites for hydroxylation is 1. The molecule has 7 heteroatoms. The van der Waals surface area contributed by atoms with Gasteiger partial charge in [-0.3, -0.25) is 10.1 Å². The first-order valence-electron chi connectivity index (χ1n) is 9.90. The molecule has 0 saturated heterocycles. The number of para-hydroxylation sites is 1. The highest BCUT2D eigenvalue weighted by atomic mass is 19.4. The zero-order chi connectivity index (χ0) is 20.7. The Morgan fingerprint density at radius 3 is 2.57 bits per heavy atom. The van der Waals surface area contributed by atoms with Crippen molar-refractivity contribution in [2.45, 2.75) is 31.9 Å². The maximum atomic E-state index is 13.6. The minimum Gasteiger partial charge on any atom is -0.338 e. The summed E-state index contributed by atoms with van der Waals surface area (Å²) in [6.45, 7) is 0. The van der Waals surface area contributed by atoms with Crippen molar-refractivity contribution in [1.82, 2.24) is 15.2 Å². The Labute approximate surface area is 171 Å². The zero-order valence-electron chi connectivity index (χ0n) is 16.1. The second kappa shape index (κ2) is 7.16. The molecule has 0 spiro atoms. The van der Waals surface area contributed by atoms with Crippen LogP contribution in [-0.2, 0) is 19.0 Å². The second-order valence-electron chi connectivity index (χ2n) is 7.47. The van der Waals surface area contributed by atoms with Crippen molar-refractivity contribution in [2.75, 3.05) is 5.32 Å². The topological polar surface area (TPSA) is 53.6 Å². The number of nitrogens with zero attached hydrogens (tertiary/aromatic N) is 2. The first kappa shape index (κ1) is 18.7. The summed E-state index contributed by atoms with van der Waals surface area (Å²) < 4.78 is 40.8. The summed E-state index contributed by atoms with van der Waals surface area (Å²) in [5.41, 5.74) is 3.32. The molecular weight excluding hydrogens is 389 g/mol. The van der Waals surface area contributed by atoms with Gasteiger partial charge in [-0.2, -0.15) is 18.3 Å². The van der Waals surface area contributed by atoms with E-state index in [9.17, 15) is 13.2 Å². The summed E-state index contributed by atoms with van der Waals surface area (Å²) >= 11 is 0. The highest BCUT2D eigenvalue weighted by Crippen LogP contribution is 2.39. The predicted molar refractivity (Wildman–Crippen MR) is 111 cm³/mol. The number of benzene rings is 2. The van der Waals surface area contributed by atoms with Crippen LogP contribution in [0.25, 0.3) is 22.2 Å². The van der Waals surface area contributed by atoms with E-state index in [0.717, 1.165) is 59.6 Å². The standard InChI is InChI=1S/C23H19F3N4/c24-23(25,26)17-10-4-1-7-14(17)20-13-21(15-8-2-5-11-18(15)27-20)28-22-16-9-3-6-12-19(16)29-30-22/h1,3-4,6-7,9-10,12-13H,2,5,8,11H2,(H2,27,28,29,30). The van der Waals surface area contributed by atoms with Crippen LogP contribution in [0, 0.1) is 0 Å². The van der Waals surface area contributed by atoms with Crippen molar-refractivity contribution >= 4 is 22.4 Å². The predicted octanol–water partition coefficient (Wildman–Crippen LogP) is 6.27. The molecule has 4 aromatic rings. The lowest BCUT2D eigenvalue weighted by Gasteiger charge is -2.21. The first-order chi connectivity index (χ1) is 14.5. The first-order valence-corrected chi connectivity index (χ1v) is 9.90. The van der Waals surface area contributed by atoms with Gasteiger partial charge in [0, 0.05) is 22.3 Å². The molecule has 0 saturated carbocycles. The van der Waals surface area contributed by atoms with Crippen LogP contribution in [0.15, 0.2) is 54.6 Å². The summed E-state index contributed by atoms with van der Waals surface area (Å²) in [7, 11) is 0. The minimum atomic E-state index is -4.44. The van der Waals surface area contributed by atoms with Crippen molar-refractivity contribution < 1.29 is 13.2 Å². The fraction of sp³-hybridized carbons (Fsp3) is 0.217. The Morgan fingerprint density at radius 2 is 1.70 bits per heavy atom. The van der Waals surface area contributed by atoms with Crippen molar-refractivity contribution in [3.8, 4) is 11.3 Å². The number of aromatic nitrogens is 3. The highest BCUT2D eigenvalue weighted by molar-refractivity contribution is 5.92. The third-order valence-corrected chi connectivity index (χ3v) is 5.53. The smallest absolute Gasteiger partial charge is 0.338 e. The van der Waals surface area contributed by atoms with Gasteiger partial charge in [-0.25, -0.2) is 0 Å². The molecule has 0 aliphatic heterocycles. The molecule has 1 aliphatic rings. The molecular formula is C23H19F3N4. The Balaban J connectivity index is 1.65. The van der Waals surface area contributed by atoms with Crippen LogP contribution in [0.2, 0.25) is 0 Å². The maximum absolute atomic E-state index is 13.6. The van der Waals surface area contributed by atoms with Crippen LogP contribution in [0.1, 0.15) is 29.7 Å². The molecule has 2 aromatic heterocycles. The number of pyridine rings is 1. The Hall–Kier alpha value is -3.35. The van der Waals surface area contributed by atoms with Gasteiger partial charge < -0.3 is 5.32 Å². The third kappa shape index (κ3) is 3.30. The van der Waals surface area contributed by atoms with Gasteiger partial charge in [0.25, 0.3) is 0 Å². The van der Waals surface area contributed by atoms with E-state index in [-0.39, 0.29) is 5.56 Å². The van der Waals surface area contributed by atoms with Gasteiger partial charge in [0.2, 0.25) is 0 Å². The number of fused-ring (bicyclic) bond motifs is 2. The molecule has 30 heavy (non-hydrogen) atoms. The lowest BCUT2D eigenvalue weighted by atomic mass is 9.92. The van der Waals surface area contributed by atoms with Gasteiger partial charge >= 0.3 is 6.18 Å².